The topological polar surface area (TPSA) is 56.1 Å². The Labute approximate surface area is 120 Å². The van der Waals surface area contributed by atoms with Crippen LogP contribution >= 0.6 is 23.2 Å². The molecule has 2 rings (SSSR count). The van der Waals surface area contributed by atoms with Gasteiger partial charge in [-0.1, -0.05) is 23.2 Å². The maximum atomic E-state index is 11.3. The van der Waals surface area contributed by atoms with Crippen molar-refractivity contribution in [1.29, 1.82) is 0 Å². The first-order valence-electron chi connectivity index (χ1n) is 5.40. The highest BCUT2D eigenvalue weighted by Gasteiger charge is 2.08. The molecule has 100 valence electrons. The molecule has 0 atom stereocenters. The second kappa shape index (κ2) is 6.06. The van der Waals surface area contributed by atoms with Crippen LogP contribution in [0, 0.1) is 0 Å². The molecule has 0 saturated carbocycles. The van der Waals surface area contributed by atoms with E-state index in [-0.39, 0.29) is 12.5 Å². The molecule has 19 heavy (non-hydrogen) atoms. The van der Waals surface area contributed by atoms with Gasteiger partial charge in [-0.2, -0.15) is 5.10 Å². The molecule has 1 aromatic heterocycles. The summed E-state index contributed by atoms with van der Waals surface area (Å²) in [4.78, 5) is 11.3. The summed E-state index contributed by atoms with van der Waals surface area (Å²) in [5, 5.41) is 7.82. The van der Waals surface area contributed by atoms with E-state index in [1.54, 1.807) is 35.1 Å². The quantitative estimate of drug-likeness (QED) is 0.944. The summed E-state index contributed by atoms with van der Waals surface area (Å²) < 4.78 is 6.27. The van der Waals surface area contributed by atoms with Crippen LogP contribution in [-0.4, -0.2) is 29.4 Å². The van der Waals surface area contributed by atoms with Gasteiger partial charge in [0.25, 0.3) is 5.91 Å². The number of aromatic nitrogens is 2. The summed E-state index contributed by atoms with van der Waals surface area (Å²) in [7, 11) is 1.45. The zero-order valence-electron chi connectivity index (χ0n) is 10.1. The summed E-state index contributed by atoms with van der Waals surface area (Å²) in [6.07, 6.45) is 1.69. The van der Waals surface area contributed by atoms with Gasteiger partial charge in [0, 0.05) is 24.4 Å². The first kappa shape index (κ1) is 13.9. The summed E-state index contributed by atoms with van der Waals surface area (Å²) in [5.41, 5.74) is 0.679. The number of ether oxygens (including phenoxy) is 1. The average Bonchev–Trinajstić information content (AvgIpc) is 2.77. The Balaban J connectivity index is 2.18. The number of hydrogen-bond acceptors (Lipinski definition) is 3. The molecule has 7 heteroatoms. The monoisotopic (exact) mass is 299 g/mol. The van der Waals surface area contributed by atoms with Crippen molar-refractivity contribution < 1.29 is 9.53 Å². The normalized spacial score (nSPS) is 10.5. The standard InChI is InChI=1S/C12H11Cl2N3O2/c1-19-7-12(18)15-11-4-5-17(16-11)10-3-2-8(13)6-9(10)14/h2-6H,7H2,1H3,(H,15,16,18). The third-order valence-corrected chi connectivity index (χ3v) is 2.83. The molecule has 0 aliphatic rings. The Morgan fingerprint density at radius 3 is 2.89 bits per heavy atom. The number of methoxy groups -OCH3 is 1. The molecule has 1 amide bonds. The lowest BCUT2D eigenvalue weighted by molar-refractivity contribution is -0.119. The fourth-order valence-electron chi connectivity index (χ4n) is 1.50. The second-order valence-electron chi connectivity index (χ2n) is 3.72. The van der Waals surface area contributed by atoms with Crippen LogP contribution in [0.2, 0.25) is 10.0 Å². The van der Waals surface area contributed by atoms with Gasteiger partial charge in [0.15, 0.2) is 5.82 Å². The first-order valence-corrected chi connectivity index (χ1v) is 6.15. The van der Waals surface area contributed by atoms with E-state index in [1.807, 2.05) is 0 Å². The number of amides is 1. The van der Waals surface area contributed by atoms with Crippen LogP contribution in [-0.2, 0) is 9.53 Å². The second-order valence-corrected chi connectivity index (χ2v) is 4.57. The maximum Gasteiger partial charge on any atom is 0.251 e. The van der Waals surface area contributed by atoms with Crippen molar-refractivity contribution in [2.45, 2.75) is 0 Å². The molecule has 2 aromatic rings. The van der Waals surface area contributed by atoms with E-state index < -0.39 is 0 Å². The maximum absolute atomic E-state index is 11.3. The van der Waals surface area contributed by atoms with Crippen LogP contribution in [0.1, 0.15) is 0 Å². The SMILES string of the molecule is COCC(=O)Nc1ccn(-c2ccc(Cl)cc2Cl)n1. The minimum Gasteiger partial charge on any atom is -0.375 e. The average molecular weight is 300 g/mol. The summed E-state index contributed by atoms with van der Waals surface area (Å²) in [6, 6.07) is 6.76. The van der Waals surface area contributed by atoms with Crippen molar-refractivity contribution in [2.75, 3.05) is 19.0 Å². The molecule has 0 aliphatic heterocycles. The number of halogens is 2. The minimum absolute atomic E-state index is 0.0193. The molecular weight excluding hydrogens is 289 g/mol. The number of anilines is 1. The van der Waals surface area contributed by atoms with Crippen molar-refractivity contribution in [3.8, 4) is 5.69 Å². The summed E-state index contributed by atoms with van der Waals surface area (Å²) in [5.74, 6) is 0.156. The Morgan fingerprint density at radius 1 is 1.42 bits per heavy atom. The van der Waals surface area contributed by atoms with Crippen LogP contribution in [0.4, 0.5) is 5.82 Å². The third-order valence-electron chi connectivity index (χ3n) is 2.29. The number of benzene rings is 1. The lowest BCUT2D eigenvalue weighted by Crippen LogP contribution is -2.17. The molecule has 0 aliphatic carbocycles. The Morgan fingerprint density at radius 2 is 2.21 bits per heavy atom. The third kappa shape index (κ3) is 3.47. The first-order chi connectivity index (χ1) is 9.10. The van der Waals surface area contributed by atoms with Crippen LogP contribution < -0.4 is 5.32 Å². The van der Waals surface area contributed by atoms with E-state index in [0.29, 0.717) is 21.6 Å². The predicted octanol–water partition coefficient (Wildman–Crippen LogP) is 2.76. The van der Waals surface area contributed by atoms with Crippen molar-refractivity contribution in [2.24, 2.45) is 0 Å². The molecule has 0 radical (unpaired) electrons. The highest BCUT2D eigenvalue weighted by molar-refractivity contribution is 6.35. The molecule has 0 unspecified atom stereocenters. The van der Waals surface area contributed by atoms with Crippen LogP contribution in [0.15, 0.2) is 30.5 Å². The fraction of sp³-hybridized carbons (Fsp3) is 0.167. The van der Waals surface area contributed by atoms with Crippen molar-refractivity contribution >= 4 is 34.9 Å². The summed E-state index contributed by atoms with van der Waals surface area (Å²) >= 11 is 11.9. The highest BCUT2D eigenvalue weighted by Crippen LogP contribution is 2.24. The van der Waals surface area contributed by atoms with E-state index in [4.69, 9.17) is 27.9 Å². The van der Waals surface area contributed by atoms with Gasteiger partial charge in [0.1, 0.15) is 6.61 Å². The van der Waals surface area contributed by atoms with Gasteiger partial charge in [-0.3, -0.25) is 4.79 Å². The molecule has 1 heterocycles. The molecule has 5 nitrogen and oxygen atoms in total. The van der Waals surface area contributed by atoms with Crippen LogP contribution in [0.25, 0.3) is 5.69 Å². The number of carbonyl (C=O) groups excluding carboxylic acids is 1. The zero-order valence-corrected chi connectivity index (χ0v) is 11.6. The molecule has 0 bridgehead atoms. The predicted molar refractivity (Wildman–Crippen MR) is 74.1 cm³/mol. The van der Waals surface area contributed by atoms with Gasteiger partial charge in [-0.15, -0.1) is 0 Å². The Kier molecular flexibility index (Phi) is 4.42. The van der Waals surface area contributed by atoms with E-state index in [2.05, 4.69) is 10.4 Å². The molecule has 0 spiro atoms. The van der Waals surface area contributed by atoms with Crippen LogP contribution in [0.5, 0.6) is 0 Å². The van der Waals surface area contributed by atoms with E-state index in [0.717, 1.165) is 0 Å². The Hall–Kier alpha value is -1.56. The highest BCUT2D eigenvalue weighted by atomic mass is 35.5. The zero-order chi connectivity index (χ0) is 13.8. The van der Waals surface area contributed by atoms with Crippen molar-refractivity contribution in [1.82, 2.24) is 9.78 Å². The lowest BCUT2D eigenvalue weighted by atomic mass is 10.3. The molecular formula is C12H11Cl2N3O2. The molecule has 0 saturated heterocycles. The van der Waals surface area contributed by atoms with Crippen molar-refractivity contribution in [3.05, 3.63) is 40.5 Å². The molecule has 1 N–H and O–H groups in total. The molecule has 0 fully saturated rings. The van der Waals surface area contributed by atoms with Gasteiger partial charge in [-0.05, 0) is 18.2 Å². The smallest absolute Gasteiger partial charge is 0.251 e. The van der Waals surface area contributed by atoms with E-state index in [1.165, 1.54) is 7.11 Å². The number of hydrogen-bond donors (Lipinski definition) is 1. The number of carbonyl (C=O) groups is 1. The number of rotatable bonds is 4. The fourth-order valence-corrected chi connectivity index (χ4v) is 2.00. The molecule has 1 aromatic carbocycles. The van der Waals surface area contributed by atoms with Crippen molar-refractivity contribution in [3.63, 3.8) is 0 Å². The van der Waals surface area contributed by atoms with Gasteiger partial charge < -0.3 is 10.1 Å². The van der Waals surface area contributed by atoms with E-state index >= 15 is 0 Å². The lowest BCUT2D eigenvalue weighted by Gasteiger charge is -2.04. The van der Waals surface area contributed by atoms with Gasteiger partial charge in [0.2, 0.25) is 0 Å². The van der Waals surface area contributed by atoms with E-state index in [9.17, 15) is 4.79 Å². The largest absolute Gasteiger partial charge is 0.375 e. The number of nitrogens with zero attached hydrogens (tertiary/aromatic N) is 2. The van der Waals surface area contributed by atoms with Gasteiger partial charge in [-0.25, -0.2) is 4.68 Å². The summed E-state index contributed by atoms with van der Waals surface area (Å²) in [6.45, 7) is -0.0193. The van der Waals surface area contributed by atoms with Crippen LogP contribution in [0.3, 0.4) is 0 Å². The number of nitrogens with one attached hydrogen (secondary N) is 1. The van der Waals surface area contributed by atoms with Gasteiger partial charge in [0.05, 0.1) is 10.7 Å². The van der Waals surface area contributed by atoms with Gasteiger partial charge >= 0.3 is 0 Å². The Bertz CT molecular complexity index is 598. The minimum atomic E-state index is -0.269.